The number of nitrogens with zero attached hydrogens (tertiary/aromatic N) is 1. The first-order valence-electron chi connectivity index (χ1n) is 7.22. The van der Waals surface area contributed by atoms with Crippen molar-refractivity contribution in [1.82, 2.24) is 10.2 Å². The molecule has 6 heteroatoms. The summed E-state index contributed by atoms with van der Waals surface area (Å²) in [5.74, 6) is 0.0139. The molecular weight excluding hydrogens is 290 g/mol. The van der Waals surface area contributed by atoms with E-state index in [9.17, 15) is 9.59 Å². The summed E-state index contributed by atoms with van der Waals surface area (Å²) in [6.45, 7) is 3.16. The molecule has 0 radical (unpaired) electrons. The molecule has 1 fully saturated rings. The Bertz CT molecular complexity index is 595. The van der Waals surface area contributed by atoms with Crippen molar-refractivity contribution in [2.45, 2.75) is 31.8 Å². The van der Waals surface area contributed by atoms with E-state index in [1.165, 1.54) is 0 Å². The van der Waals surface area contributed by atoms with Gasteiger partial charge >= 0.3 is 0 Å². The SMILES string of the molecule is CCC(=O)N1CCC2(CC1)NC(=O)c1c(Cl)cccc1N2. The zero-order valence-corrected chi connectivity index (χ0v) is 12.7. The molecule has 5 nitrogen and oxygen atoms in total. The highest BCUT2D eigenvalue weighted by Crippen LogP contribution is 2.34. The summed E-state index contributed by atoms with van der Waals surface area (Å²) >= 11 is 6.09. The number of hydrogen-bond acceptors (Lipinski definition) is 3. The van der Waals surface area contributed by atoms with Gasteiger partial charge in [-0.2, -0.15) is 0 Å². The molecule has 2 aliphatic rings. The summed E-state index contributed by atoms with van der Waals surface area (Å²) in [4.78, 5) is 25.9. The highest BCUT2D eigenvalue weighted by atomic mass is 35.5. The van der Waals surface area contributed by atoms with Gasteiger partial charge in [-0.05, 0) is 12.1 Å². The largest absolute Gasteiger partial charge is 0.362 e. The van der Waals surface area contributed by atoms with Crippen LogP contribution >= 0.6 is 11.6 Å². The molecule has 21 heavy (non-hydrogen) atoms. The van der Waals surface area contributed by atoms with E-state index in [0.29, 0.717) is 42.9 Å². The van der Waals surface area contributed by atoms with Gasteiger partial charge in [0, 0.05) is 32.4 Å². The maximum atomic E-state index is 12.3. The Kier molecular flexibility index (Phi) is 3.53. The third-order valence-corrected chi connectivity index (χ3v) is 4.55. The van der Waals surface area contributed by atoms with E-state index in [4.69, 9.17) is 11.6 Å². The zero-order chi connectivity index (χ0) is 15.0. The van der Waals surface area contributed by atoms with E-state index in [1.54, 1.807) is 6.07 Å². The molecule has 1 saturated heterocycles. The number of nitrogens with one attached hydrogen (secondary N) is 2. The predicted molar refractivity (Wildman–Crippen MR) is 81.4 cm³/mol. The van der Waals surface area contributed by atoms with Crippen molar-refractivity contribution in [1.29, 1.82) is 0 Å². The molecule has 0 aromatic heterocycles. The number of halogens is 1. The second-order valence-corrected chi connectivity index (χ2v) is 5.97. The van der Waals surface area contributed by atoms with Crippen molar-refractivity contribution in [3.8, 4) is 0 Å². The number of piperidine rings is 1. The average Bonchev–Trinajstić information content (AvgIpc) is 2.47. The van der Waals surface area contributed by atoms with Crippen LogP contribution in [0.3, 0.4) is 0 Å². The minimum atomic E-state index is -0.473. The zero-order valence-electron chi connectivity index (χ0n) is 11.9. The predicted octanol–water partition coefficient (Wildman–Crippen LogP) is 2.22. The number of fused-ring (bicyclic) bond motifs is 1. The van der Waals surface area contributed by atoms with Crippen molar-refractivity contribution < 1.29 is 9.59 Å². The number of anilines is 1. The van der Waals surface area contributed by atoms with Crippen LogP contribution < -0.4 is 10.6 Å². The smallest absolute Gasteiger partial charge is 0.256 e. The lowest BCUT2D eigenvalue weighted by atomic mass is 9.92. The van der Waals surface area contributed by atoms with Gasteiger partial charge in [0.25, 0.3) is 5.91 Å². The topological polar surface area (TPSA) is 61.4 Å². The van der Waals surface area contributed by atoms with Gasteiger partial charge < -0.3 is 15.5 Å². The van der Waals surface area contributed by atoms with E-state index in [1.807, 2.05) is 24.0 Å². The van der Waals surface area contributed by atoms with E-state index in [-0.39, 0.29) is 11.8 Å². The molecule has 112 valence electrons. The van der Waals surface area contributed by atoms with Gasteiger partial charge in [-0.15, -0.1) is 0 Å². The third kappa shape index (κ3) is 2.46. The van der Waals surface area contributed by atoms with Crippen LogP contribution in [0.5, 0.6) is 0 Å². The maximum absolute atomic E-state index is 12.3. The monoisotopic (exact) mass is 307 g/mol. The number of benzene rings is 1. The Balaban J connectivity index is 1.81. The molecular formula is C15H18ClN3O2. The molecule has 1 spiro atoms. The minimum absolute atomic E-state index is 0.149. The van der Waals surface area contributed by atoms with Crippen molar-refractivity contribution in [3.63, 3.8) is 0 Å². The molecule has 2 amide bonds. The molecule has 0 aliphatic carbocycles. The molecule has 0 unspecified atom stereocenters. The van der Waals surface area contributed by atoms with Crippen molar-refractivity contribution in [3.05, 3.63) is 28.8 Å². The molecule has 0 atom stereocenters. The Labute approximate surface area is 128 Å². The van der Waals surface area contributed by atoms with Crippen molar-refractivity contribution in [2.24, 2.45) is 0 Å². The van der Waals surface area contributed by atoms with Crippen LogP contribution in [0, 0.1) is 0 Å². The normalized spacial score (nSPS) is 19.7. The summed E-state index contributed by atoms with van der Waals surface area (Å²) in [6, 6.07) is 5.41. The fourth-order valence-corrected chi connectivity index (χ4v) is 3.30. The van der Waals surface area contributed by atoms with Gasteiger partial charge in [0.15, 0.2) is 0 Å². The number of rotatable bonds is 1. The standard InChI is InChI=1S/C15H18ClN3O2/c1-2-12(20)19-8-6-15(7-9-19)17-11-5-3-4-10(16)13(11)14(21)18-15/h3-5,17H,2,6-9H2,1H3,(H,18,21). The van der Waals surface area contributed by atoms with Gasteiger partial charge in [-0.25, -0.2) is 0 Å². The van der Waals surface area contributed by atoms with Gasteiger partial charge in [0.2, 0.25) is 5.91 Å². The Morgan fingerprint density at radius 2 is 2.05 bits per heavy atom. The van der Waals surface area contributed by atoms with Gasteiger partial charge in [-0.1, -0.05) is 24.6 Å². The number of amides is 2. The molecule has 0 saturated carbocycles. The van der Waals surface area contributed by atoms with Crippen LogP contribution in [0.15, 0.2) is 18.2 Å². The first kappa shape index (κ1) is 14.2. The van der Waals surface area contributed by atoms with E-state index >= 15 is 0 Å². The van der Waals surface area contributed by atoms with E-state index in [2.05, 4.69) is 10.6 Å². The number of carbonyl (C=O) groups is 2. The highest BCUT2D eigenvalue weighted by molar-refractivity contribution is 6.34. The molecule has 2 heterocycles. The average molecular weight is 308 g/mol. The van der Waals surface area contributed by atoms with Crippen molar-refractivity contribution >= 4 is 29.1 Å². The molecule has 1 aromatic rings. The highest BCUT2D eigenvalue weighted by Gasteiger charge is 2.41. The van der Waals surface area contributed by atoms with E-state index in [0.717, 1.165) is 5.69 Å². The summed E-state index contributed by atoms with van der Waals surface area (Å²) in [5.41, 5.74) is 0.789. The third-order valence-electron chi connectivity index (χ3n) is 4.24. The van der Waals surface area contributed by atoms with Crippen LogP contribution in [0.4, 0.5) is 5.69 Å². The van der Waals surface area contributed by atoms with Gasteiger partial charge in [0.05, 0.1) is 16.3 Å². The Morgan fingerprint density at radius 3 is 2.71 bits per heavy atom. The van der Waals surface area contributed by atoms with E-state index < -0.39 is 5.66 Å². The van der Waals surface area contributed by atoms with Crippen LogP contribution in [0.1, 0.15) is 36.5 Å². The van der Waals surface area contributed by atoms with Crippen LogP contribution in [-0.2, 0) is 4.79 Å². The fourth-order valence-electron chi connectivity index (χ4n) is 3.04. The van der Waals surface area contributed by atoms with Crippen LogP contribution in [-0.4, -0.2) is 35.5 Å². The fraction of sp³-hybridized carbons (Fsp3) is 0.467. The lowest BCUT2D eigenvalue weighted by Gasteiger charge is -2.46. The second kappa shape index (κ2) is 5.22. The Hall–Kier alpha value is -1.75. The van der Waals surface area contributed by atoms with Crippen LogP contribution in [0.2, 0.25) is 5.02 Å². The Morgan fingerprint density at radius 1 is 1.33 bits per heavy atom. The maximum Gasteiger partial charge on any atom is 0.256 e. The molecule has 1 aromatic carbocycles. The second-order valence-electron chi connectivity index (χ2n) is 5.56. The number of hydrogen-bond donors (Lipinski definition) is 2. The lowest BCUT2D eigenvalue weighted by molar-refractivity contribution is -0.132. The first-order chi connectivity index (χ1) is 10.0. The molecule has 2 aliphatic heterocycles. The molecule has 3 rings (SSSR count). The summed E-state index contributed by atoms with van der Waals surface area (Å²) in [6.07, 6.45) is 1.90. The van der Waals surface area contributed by atoms with Crippen molar-refractivity contribution in [2.75, 3.05) is 18.4 Å². The molecule has 2 N–H and O–H groups in total. The van der Waals surface area contributed by atoms with Crippen LogP contribution in [0.25, 0.3) is 0 Å². The summed E-state index contributed by atoms with van der Waals surface area (Å²) in [7, 11) is 0. The van der Waals surface area contributed by atoms with Gasteiger partial charge in [-0.3, -0.25) is 9.59 Å². The number of likely N-dealkylation sites (tertiary alicyclic amines) is 1. The quantitative estimate of drug-likeness (QED) is 0.836. The van der Waals surface area contributed by atoms with Gasteiger partial charge in [0.1, 0.15) is 5.66 Å². The first-order valence-corrected chi connectivity index (χ1v) is 7.59. The molecule has 0 bridgehead atoms. The lowest BCUT2D eigenvalue weighted by Crippen LogP contribution is -2.62. The summed E-state index contributed by atoms with van der Waals surface area (Å²) < 4.78 is 0. The minimum Gasteiger partial charge on any atom is -0.362 e. The summed E-state index contributed by atoms with van der Waals surface area (Å²) in [5, 5.41) is 6.89. The number of carbonyl (C=O) groups excluding carboxylic acids is 2.